The van der Waals surface area contributed by atoms with Gasteiger partial charge < -0.3 is 9.80 Å². The van der Waals surface area contributed by atoms with Crippen LogP contribution in [0.3, 0.4) is 0 Å². The number of nitrogens with one attached hydrogen (secondary N) is 1. The van der Waals surface area contributed by atoms with Crippen molar-refractivity contribution in [2.24, 2.45) is 17.7 Å². The third kappa shape index (κ3) is 2.92. The second-order valence-electron chi connectivity index (χ2n) is 6.01. The molecule has 20 heavy (non-hydrogen) atoms. The van der Waals surface area contributed by atoms with Crippen molar-refractivity contribution in [1.29, 1.82) is 0 Å². The van der Waals surface area contributed by atoms with Gasteiger partial charge in [-0.2, -0.15) is 15.0 Å². The van der Waals surface area contributed by atoms with E-state index < -0.39 is 0 Å². The van der Waals surface area contributed by atoms with Crippen LogP contribution in [-0.4, -0.2) is 41.6 Å². The maximum Gasteiger partial charge on any atom is 0.243 e. The van der Waals surface area contributed by atoms with Crippen molar-refractivity contribution in [2.45, 2.75) is 33.2 Å². The summed E-state index contributed by atoms with van der Waals surface area (Å²) >= 11 is 0. The fourth-order valence-electron chi connectivity index (χ4n) is 2.73. The zero-order chi connectivity index (χ0) is 14.9. The molecule has 0 amide bonds. The Bertz CT molecular complexity index is 462. The number of piperidine rings is 1. The van der Waals surface area contributed by atoms with Crippen molar-refractivity contribution in [3.8, 4) is 0 Å². The van der Waals surface area contributed by atoms with E-state index in [4.69, 9.17) is 5.84 Å². The lowest BCUT2D eigenvalue weighted by Gasteiger charge is -2.41. The minimum Gasteiger partial charge on any atom is -0.347 e. The summed E-state index contributed by atoms with van der Waals surface area (Å²) in [7, 11) is 3.81. The Balaban J connectivity index is 2.37. The van der Waals surface area contributed by atoms with Crippen LogP contribution >= 0.6 is 0 Å². The topological polar surface area (TPSA) is 83.2 Å². The fraction of sp³-hybridized carbons (Fsp3) is 0.769. The molecule has 7 nitrogen and oxygen atoms in total. The van der Waals surface area contributed by atoms with E-state index in [1.54, 1.807) is 0 Å². The van der Waals surface area contributed by atoms with Crippen LogP contribution in [0.5, 0.6) is 0 Å². The number of nitrogen functional groups attached to an aromatic ring is 1. The quantitative estimate of drug-likeness (QED) is 0.633. The molecule has 112 valence electrons. The summed E-state index contributed by atoms with van der Waals surface area (Å²) in [5.74, 6) is 8.43. The smallest absolute Gasteiger partial charge is 0.243 e. The van der Waals surface area contributed by atoms with Crippen molar-refractivity contribution in [3.63, 3.8) is 0 Å². The highest BCUT2D eigenvalue weighted by Crippen LogP contribution is 2.30. The second kappa shape index (κ2) is 5.78. The van der Waals surface area contributed by atoms with E-state index in [1.165, 1.54) is 6.42 Å². The van der Waals surface area contributed by atoms with E-state index in [-0.39, 0.29) is 0 Å². The van der Waals surface area contributed by atoms with Crippen LogP contribution in [0, 0.1) is 11.8 Å². The number of nitrogens with zero attached hydrogens (tertiary/aromatic N) is 5. The van der Waals surface area contributed by atoms with Crippen LogP contribution in [0.25, 0.3) is 0 Å². The molecule has 2 rings (SSSR count). The average molecular weight is 279 g/mol. The normalized spacial score (nSPS) is 26.5. The number of anilines is 3. The second-order valence-corrected chi connectivity index (χ2v) is 6.01. The first-order valence-electron chi connectivity index (χ1n) is 7.09. The maximum atomic E-state index is 5.47. The summed E-state index contributed by atoms with van der Waals surface area (Å²) in [6.07, 6.45) is 1.24. The zero-order valence-corrected chi connectivity index (χ0v) is 13.0. The average Bonchev–Trinajstić information content (AvgIpc) is 2.42. The van der Waals surface area contributed by atoms with Crippen LogP contribution in [0.2, 0.25) is 0 Å². The van der Waals surface area contributed by atoms with Gasteiger partial charge in [0, 0.05) is 26.7 Å². The lowest BCUT2D eigenvalue weighted by Crippen LogP contribution is -2.46. The van der Waals surface area contributed by atoms with Gasteiger partial charge in [0.05, 0.1) is 0 Å². The van der Waals surface area contributed by atoms with E-state index in [2.05, 4.69) is 46.0 Å². The first-order chi connectivity index (χ1) is 9.42. The van der Waals surface area contributed by atoms with Gasteiger partial charge in [-0.05, 0) is 25.2 Å². The molecule has 0 radical (unpaired) electrons. The number of nitrogens with two attached hydrogens (primary N) is 1. The van der Waals surface area contributed by atoms with Gasteiger partial charge in [0.1, 0.15) is 0 Å². The van der Waals surface area contributed by atoms with Crippen molar-refractivity contribution < 1.29 is 0 Å². The third-order valence-corrected chi connectivity index (χ3v) is 4.00. The molecule has 1 aliphatic rings. The maximum absolute atomic E-state index is 5.47. The standard InChI is InChI=1S/C13H25N7/c1-8-6-9(2)10(3)20(7-8)13-16-11(18-14)15-12(17-13)19(4)5/h8-10H,6-7,14H2,1-5H3,(H,15,16,17,18). The molecule has 0 saturated carbocycles. The first kappa shape index (κ1) is 14.8. The predicted octanol–water partition coefficient (Wildman–Crippen LogP) is 1.09. The van der Waals surface area contributed by atoms with Crippen molar-refractivity contribution >= 4 is 17.8 Å². The number of rotatable bonds is 3. The molecule has 0 bridgehead atoms. The van der Waals surface area contributed by atoms with Crippen molar-refractivity contribution in [1.82, 2.24) is 15.0 Å². The van der Waals surface area contributed by atoms with E-state index in [0.29, 0.717) is 35.7 Å². The van der Waals surface area contributed by atoms with Gasteiger partial charge in [0.2, 0.25) is 17.8 Å². The van der Waals surface area contributed by atoms with Crippen LogP contribution in [-0.2, 0) is 0 Å². The highest BCUT2D eigenvalue weighted by Gasteiger charge is 2.31. The van der Waals surface area contributed by atoms with Crippen molar-refractivity contribution in [2.75, 3.05) is 35.9 Å². The first-order valence-corrected chi connectivity index (χ1v) is 7.09. The molecule has 1 aromatic rings. The molecule has 0 spiro atoms. The Kier molecular flexibility index (Phi) is 4.27. The Labute approximate surface area is 120 Å². The Morgan fingerprint density at radius 1 is 1.20 bits per heavy atom. The minimum atomic E-state index is 0.400. The number of hydrogen-bond donors (Lipinski definition) is 2. The highest BCUT2D eigenvalue weighted by molar-refractivity contribution is 5.45. The molecule has 1 aromatic heterocycles. The van der Waals surface area contributed by atoms with E-state index in [0.717, 1.165) is 6.54 Å². The molecule has 1 aliphatic heterocycles. The molecule has 2 heterocycles. The summed E-state index contributed by atoms with van der Waals surface area (Å²) in [5, 5.41) is 0. The van der Waals surface area contributed by atoms with E-state index >= 15 is 0 Å². The van der Waals surface area contributed by atoms with Gasteiger partial charge in [-0.25, -0.2) is 5.84 Å². The molecule has 7 heteroatoms. The molecule has 3 N–H and O–H groups in total. The van der Waals surface area contributed by atoms with E-state index in [1.807, 2.05) is 19.0 Å². The Hall–Kier alpha value is -1.63. The number of hydrogen-bond acceptors (Lipinski definition) is 7. The molecular formula is C13H25N7. The van der Waals surface area contributed by atoms with Gasteiger partial charge in [0.15, 0.2) is 0 Å². The summed E-state index contributed by atoms with van der Waals surface area (Å²) in [5.41, 5.74) is 2.52. The summed E-state index contributed by atoms with van der Waals surface area (Å²) < 4.78 is 0. The van der Waals surface area contributed by atoms with Crippen LogP contribution < -0.4 is 21.1 Å². The summed E-state index contributed by atoms with van der Waals surface area (Å²) in [6.45, 7) is 7.74. The van der Waals surface area contributed by atoms with E-state index in [9.17, 15) is 0 Å². The minimum absolute atomic E-state index is 0.400. The Morgan fingerprint density at radius 2 is 1.90 bits per heavy atom. The summed E-state index contributed by atoms with van der Waals surface area (Å²) in [4.78, 5) is 17.3. The lowest BCUT2D eigenvalue weighted by atomic mass is 9.86. The molecule has 3 atom stereocenters. The van der Waals surface area contributed by atoms with Crippen LogP contribution in [0.15, 0.2) is 0 Å². The molecule has 1 saturated heterocycles. The molecule has 0 aromatic carbocycles. The summed E-state index contributed by atoms with van der Waals surface area (Å²) in [6, 6.07) is 0.411. The third-order valence-electron chi connectivity index (χ3n) is 4.00. The molecule has 3 unspecified atom stereocenters. The van der Waals surface area contributed by atoms with Gasteiger partial charge >= 0.3 is 0 Å². The van der Waals surface area contributed by atoms with Gasteiger partial charge in [-0.3, -0.25) is 5.43 Å². The van der Waals surface area contributed by atoms with Gasteiger partial charge in [0.25, 0.3) is 0 Å². The monoisotopic (exact) mass is 279 g/mol. The fourth-order valence-corrected chi connectivity index (χ4v) is 2.73. The zero-order valence-electron chi connectivity index (χ0n) is 13.0. The highest BCUT2D eigenvalue weighted by atomic mass is 15.4. The number of aromatic nitrogens is 3. The molecule has 0 aliphatic carbocycles. The predicted molar refractivity (Wildman–Crippen MR) is 81.7 cm³/mol. The molecule has 1 fully saturated rings. The van der Waals surface area contributed by atoms with Crippen LogP contribution in [0.1, 0.15) is 27.2 Å². The largest absolute Gasteiger partial charge is 0.347 e. The Morgan fingerprint density at radius 3 is 2.50 bits per heavy atom. The van der Waals surface area contributed by atoms with Gasteiger partial charge in [-0.1, -0.05) is 13.8 Å². The lowest BCUT2D eigenvalue weighted by molar-refractivity contribution is 0.294. The molecular weight excluding hydrogens is 254 g/mol. The van der Waals surface area contributed by atoms with Crippen LogP contribution in [0.4, 0.5) is 17.8 Å². The number of hydrazine groups is 1. The van der Waals surface area contributed by atoms with Crippen molar-refractivity contribution in [3.05, 3.63) is 0 Å². The van der Waals surface area contributed by atoms with Gasteiger partial charge in [-0.15, -0.1) is 0 Å². The SMILES string of the molecule is CC1CC(C)C(C)N(c2nc(NN)nc(N(C)C)n2)C1.